The van der Waals surface area contributed by atoms with Gasteiger partial charge in [0.05, 0.1) is 0 Å². The number of carbonyl (C=O) groups is 1. The molecule has 0 heterocycles. The lowest BCUT2D eigenvalue weighted by molar-refractivity contribution is -0.115. The lowest BCUT2D eigenvalue weighted by atomic mass is 9.50. The molecule has 1 aromatic rings. The van der Waals surface area contributed by atoms with Crippen LogP contribution in [0, 0.1) is 29.6 Å². The predicted molar refractivity (Wildman–Crippen MR) is 111 cm³/mol. The van der Waals surface area contributed by atoms with Crippen molar-refractivity contribution in [2.75, 3.05) is 0 Å². The molecule has 142 valence electrons. The highest BCUT2D eigenvalue weighted by atomic mass is 16.1. The molecule has 0 bridgehead atoms. The van der Waals surface area contributed by atoms with Crippen molar-refractivity contribution in [3.8, 4) is 0 Å². The molecule has 5 rings (SSSR count). The molecule has 2 fully saturated rings. The van der Waals surface area contributed by atoms with Crippen LogP contribution in [0.5, 0.6) is 0 Å². The summed E-state index contributed by atoms with van der Waals surface area (Å²) < 4.78 is 0. The van der Waals surface area contributed by atoms with Gasteiger partial charge in [-0.15, -0.1) is 0 Å². The minimum absolute atomic E-state index is 0.121. The van der Waals surface area contributed by atoms with E-state index in [-0.39, 0.29) is 5.41 Å². The second-order valence-electron chi connectivity index (χ2n) is 10.0. The average Bonchev–Trinajstić information content (AvgIpc) is 3.06. The molecule has 27 heavy (non-hydrogen) atoms. The van der Waals surface area contributed by atoms with E-state index >= 15 is 0 Å². The van der Waals surface area contributed by atoms with E-state index in [9.17, 15) is 4.79 Å². The molecule has 0 unspecified atom stereocenters. The van der Waals surface area contributed by atoms with E-state index in [0.29, 0.717) is 11.2 Å². The Labute approximate surface area is 163 Å². The first-order valence-corrected chi connectivity index (χ1v) is 11.0. The molecule has 0 radical (unpaired) electrons. The van der Waals surface area contributed by atoms with E-state index in [0.717, 1.165) is 37.5 Å². The van der Waals surface area contributed by atoms with Gasteiger partial charge in [-0.3, -0.25) is 4.79 Å². The fraction of sp³-hybridized carbons (Fsp3) is 0.577. The van der Waals surface area contributed by atoms with Crippen LogP contribution >= 0.6 is 0 Å². The van der Waals surface area contributed by atoms with Crippen molar-refractivity contribution in [3.63, 3.8) is 0 Å². The average molecular weight is 361 g/mol. The van der Waals surface area contributed by atoms with E-state index in [1.807, 2.05) is 6.08 Å². The van der Waals surface area contributed by atoms with Gasteiger partial charge in [0, 0.05) is 11.8 Å². The Hall–Kier alpha value is -1.63. The molecule has 4 atom stereocenters. The number of carbonyl (C=O) groups excluding carboxylic acids is 1. The Kier molecular flexibility index (Phi) is 4.00. The van der Waals surface area contributed by atoms with Crippen molar-refractivity contribution in [1.82, 2.24) is 0 Å². The lowest BCUT2D eigenvalue weighted by Crippen LogP contribution is -2.45. The molecule has 1 nitrogen and oxygen atoms in total. The minimum atomic E-state index is 0.121. The molecule has 2 saturated carbocycles. The number of rotatable bonds is 2. The Bertz CT molecular complexity index is 826. The summed E-state index contributed by atoms with van der Waals surface area (Å²) in [5.41, 5.74) is 6.58. The molecule has 0 saturated heterocycles. The number of allylic oxidation sites excluding steroid dienone is 4. The van der Waals surface area contributed by atoms with Crippen molar-refractivity contribution >= 4 is 5.78 Å². The summed E-state index contributed by atoms with van der Waals surface area (Å²) in [4.78, 5) is 12.3. The maximum Gasteiger partial charge on any atom is 0.155 e. The standard InChI is InChI=1S/C26H32O/c1-18-5-7-19(8-6-18)17-26-15-11-21(27)16-20(26)9-10-22-23-4-3-13-25(23,2)14-12-24(22)26/h5-8,12,16,22-23H,3-4,9-11,13-15,17H2,1-2H3/t22-,23-,25-,26+/m0/s1. The number of hydrogen-bond acceptors (Lipinski definition) is 1. The van der Waals surface area contributed by atoms with Crippen LogP contribution in [-0.2, 0) is 11.2 Å². The number of hydrogen-bond donors (Lipinski definition) is 0. The van der Waals surface area contributed by atoms with Crippen molar-refractivity contribution in [2.24, 2.45) is 22.7 Å². The largest absolute Gasteiger partial charge is 0.295 e. The molecule has 4 aliphatic rings. The fourth-order valence-corrected chi connectivity index (χ4v) is 7.03. The van der Waals surface area contributed by atoms with Crippen LogP contribution in [0.3, 0.4) is 0 Å². The van der Waals surface area contributed by atoms with Gasteiger partial charge in [-0.25, -0.2) is 0 Å². The summed E-state index contributed by atoms with van der Waals surface area (Å²) in [6, 6.07) is 9.11. The minimum Gasteiger partial charge on any atom is -0.295 e. The molecule has 4 aliphatic carbocycles. The van der Waals surface area contributed by atoms with Gasteiger partial charge in [0.15, 0.2) is 5.78 Å². The fourth-order valence-electron chi connectivity index (χ4n) is 7.03. The van der Waals surface area contributed by atoms with Gasteiger partial charge in [-0.05, 0) is 80.8 Å². The SMILES string of the molecule is Cc1ccc(C[C@]23CCC(=O)C=C2CC[C@@H]2C3=CC[C@]3(C)CCC[C@@H]23)cc1. The van der Waals surface area contributed by atoms with Gasteiger partial charge in [0.1, 0.15) is 0 Å². The van der Waals surface area contributed by atoms with Crippen molar-refractivity contribution in [3.05, 3.63) is 58.7 Å². The van der Waals surface area contributed by atoms with Crippen LogP contribution in [0.1, 0.15) is 69.4 Å². The normalized spacial score (nSPS) is 37.8. The molecule has 0 N–H and O–H groups in total. The van der Waals surface area contributed by atoms with Crippen LogP contribution in [0.15, 0.2) is 47.6 Å². The maximum atomic E-state index is 12.3. The summed E-state index contributed by atoms with van der Waals surface area (Å²) in [5, 5.41) is 0. The summed E-state index contributed by atoms with van der Waals surface area (Å²) in [7, 11) is 0. The Balaban J connectivity index is 1.59. The molecular formula is C26H32O. The highest BCUT2D eigenvalue weighted by molar-refractivity contribution is 5.92. The number of aryl methyl sites for hydroxylation is 1. The monoisotopic (exact) mass is 360 g/mol. The van der Waals surface area contributed by atoms with E-state index in [1.54, 1.807) is 5.57 Å². The highest BCUT2D eigenvalue weighted by Gasteiger charge is 2.54. The highest BCUT2D eigenvalue weighted by Crippen LogP contribution is 2.63. The van der Waals surface area contributed by atoms with Crippen LogP contribution in [-0.4, -0.2) is 5.78 Å². The third-order valence-corrected chi connectivity index (χ3v) is 8.48. The first kappa shape index (κ1) is 17.5. The molecule has 1 heteroatoms. The topological polar surface area (TPSA) is 17.1 Å². The van der Waals surface area contributed by atoms with Crippen LogP contribution in [0.2, 0.25) is 0 Å². The molecule has 0 aliphatic heterocycles. The van der Waals surface area contributed by atoms with Gasteiger partial charge in [-0.1, -0.05) is 60.4 Å². The summed E-state index contributed by atoms with van der Waals surface area (Å²) >= 11 is 0. The smallest absolute Gasteiger partial charge is 0.155 e. The summed E-state index contributed by atoms with van der Waals surface area (Å²) in [5.74, 6) is 1.97. The van der Waals surface area contributed by atoms with Gasteiger partial charge in [0.2, 0.25) is 0 Å². The summed E-state index contributed by atoms with van der Waals surface area (Å²) in [6.07, 6.45) is 15.4. The molecule has 0 spiro atoms. The van der Waals surface area contributed by atoms with Crippen LogP contribution in [0.4, 0.5) is 0 Å². The van der Waals surface area contributed by atoms with E-state index in [2.05, 4.69) is 44.2 Å². The Morgan fingerprint density at radius 2 is 1.89 bits per heavy atom. The van der Waals surface area contributed by atoms with Gasteiger partial charge in [-0.2, -0.15) is 0 Å². The van der Waals surface area contributed by atoms with Gasteiger partial charge < -0.3 is 0 Å². The maximum absolute atomic E-state index is 12.3. The first-order chi connectivity index (χ1) is 13.0. The third kappa shape index (κ3) is 2.69. The van der Waals surface area contributed by atoms with Crippen LogP contribution in [0.25, 0.3) is 0 Å². The van der Waals surface area contributed by atoms with E-state index in [4.69, 9.17) is 0 Å². The Morgan fingerprint density at radius 1 is 1.07 bits per heavy atom. The molecule has 0 amide bonds. The summed E-state index contributed by atoms with van der Waals surface area (Å²) in [6.45, 7) is 4.70. The second-order valence-corrected chi connectivity index (χ2v) is 10.0. The zero-order chi connectivity index (χ0) is 18.6. The zero-order valence-electron chi connectivity index (χ0n) is 16.9. The lowest BCUT2D eigenvalue weighted by Gasteiger charge is -2.54. The van der Waals surface area contributed by atoms with E-state index in [1.165, 1.54) is 48.8 Å². The predicted octanol–water partition coefficient (Wildman–Crippen LogP) is 6.36. The molecule has 1 aromatic carbocycles. The van der Waals surface area contributed by atoms with Crippen molar-refractivity contribution in [1.29, 1.82) is 0 Å². The van der Waals surface area contributed by atoms with Crippen molar-refractivity contribution in [2.45, 2.75) is 71.6 Å². The quantitative estimate of drug-likeness (QED) is 0.561. The first-order valence-electron chi connectivity index (χ1n) is 11.0. The third-order valence-electron chi connectivity index (χ3n) is 8.48. The van der Waals surface area contributed by atoms with Gasteiger partial charge in [0.25, 0.3) is 0 Å². The van der Waals surface area contributed by atoms with Crippen molar-refractivity contribution < 1.29 is 4.79 Å². The number of benzene rings is 1. The molecule has 0 aromatic heterocycles. The number of ketones is 1. The number of fused-ring (bicyclic) bond motifs is 5. The second kappa shape index (κ2) is 6.19. The van der Waals surface area contributed by atoms with E-state index < -0.39 is 0 Å². The van der Waals surface area contributed by atoms with Crippen LogP contribution < -0.4 is 0 Å². The van der Waals surface area contributed by atoms with Gasteiger partial charge >= 0.3 is 0 Å². The Morgan fingerprint density at radius 3 is 2.70 bits per heavy atom. The molecular weight excluding hydrogens is 328 g/mol. The zero-order valence-corrected chi connectivity index (χ0v) is 16.9.